The van der Waals surface area contributed by atoms with Crippen molar-refractivity contribution in [1.82, 2.24) is 4.90 Å². The zero-order valence-electron chi connectivity index (χ0n) is 11.7. The summed E-state index contributed by atoms with van der Waals surface area (Å²) in [5.74, 6) is 0.602. The van der Waals surface area contributed by atoms with Gasteiger partial charge in [-0.1, -0.05) is 26.8 Å². The lowest BCUT2D eigenvalue weighted by atomic mass is 9.95. The van der Waals surface area contributed by atoms with Crippen molar-refractivity contribution >= 4 is 5.91 Å². The zero-order valence-corrected chi connectivity index (χ0v) is 11.7. The Morgan fingerprint density at radius 3 is 2.50 bits per heavy atom. The first-order chi connectivity index (χ1) is 8.25. The molecule has 0 aromatic heterocycles. The van der Waals surface area contributed by atoms with Crippen molar-refractivity contribution in [2.75, 3.05) is 14.2 Å². The van der Waals surface area contributed by atoms with Crippen LogP contribution in [-0.2, 0) is 11.3 Å². The molecule has 0 spiro atoms. The maximum atomic E-state index is 12.0. The molecule has 4 heteroatoms. The molecule has 1 N–H and O–H groups in total. The van der Waals surface area contributed by atoms with Crippen LogP contribution in [0.1, 0.15) is 26.3 Å². The first kappa shape index (κ1) is 14.4. The minimum absolute atomic E-state index is 0.0783. The lowest BCUT2D eigenvalue weighted by molar-refractivity contribution is -0.138. The van der Waals surface area contributed by atoms with Crippen molar-refractivity contribution in [2.24, 2.45) is 5.41 Å². The van der Waals surface area contributed by atoms with Gasteiger partial charge in [0.25, 0.3) is 0 Å². The number of ether oxygens (including phenoxy) is 1. The summed E-state index contributed by atoms with van der Waals surface area (Å²) < 4.78 is 5.04. The van der Waals surface area contributed by atoms with Crippen LogP contribution < -0.4 is 4.74 Å². The fraction of sp³-hybridized carbons (Fsp3) is 0.500. The second kappa shape index (κ2) is 5.29. The Morgan fingerprint density at radius 2 is 2.00 bits per heavy atom. The van der Waals surface area contributed by atoms with E-state index in [2.05, 4.69) is 0 Å². The van der Waals surface area contributed by atoms with Crippen molar-refractivity contribution in [3.63, 3.8) is 0 Å². The number of amides is 1. The number of carbonyl (C=O) groups excluding carboxylic acids is 1. The van der Waals surface area contributed by atoms with Gasteiger partial charge in [-0.3, -0.25) is 4.79 Å². The fourth-order valence-corrected chi connectivity index (χ4v) is 1.74. The Hall–Kier alpha value is -1.71. The van der Waals surface area contributed by atoms with E-state index >= 15 is 0 Å². The summed E-state index contributed by atoms with van der Waals surface area (Å²) in [6, 6.07) is 5.09. The molecule has 0 aliphatic heterocycles. The molecule has 0 heterocycles. The number of nitrogens with zero attached hydrogens (tertiary/aromatic N) is 1. The number of phenolic OH excluding ortho intramolecular Hbond substituents is 1. The molecule has 1 rings (SSSR count). The molecule has 100 valence electrons. The highest BCUT2D eigenvalue weighted by Gasteiger charge is 2.24. The maximum absolute atomic E-state index is 12.0. The summed E-state index contributed by atoms with van der Waals surface area (Å²) in [6.45, 7) is 6.17. The number of methoxy groups -OCH3 is 1. The van der Waals surface area contributed by atoms with Gasteiger partial charge in [-0.05, 0) is 17.7 Å². The largest absolute Gasteiger partial charge is 0.504 e. The average Bonchev–Trinajstić information content (AvgIpc) is 2.29. The van der Waals surface area contributed by atoms with E-state index in [0.29, 0.717) is 12.3 Å². The van der Waals surface area contributed by atoms with Gasteiger partial charge in [0.1, 0.15) is 0 Å². The fourth-order valence-electron chi connectivity index (χ4n) is 1.74. The molecule has 0 atom stereocenters. The van der Waals surface area contributed by atoms with E-state index in [1.54, 1.807) is 30.1 Å². The minimum atomic E-state index is -0.393. The zero-order chi connectivity index (χ0) is 13.9. The summed E-state index contributed by atoms with van der Waals surface area (Å²) in [7, 11) is 3.27. The average molecular weight is 251 g/mol. The number of carbonyl (C=O) groups is 1. The standard InChI is InChI=1S/C14H21NO3/c1-14(2,3)13(17)15(4)9-10-6-7-11(16)12(8-10)18-5/h6-8,16H,9H2,1-5H3. The molecule has 1 aromatic rings. The van der Waals surface area contributed by atoms with Gasteiger partial charge in [0, 0.05) is 19.0 Å². The molecule has 0 bridgehead atoms. The predicted octanol–water partition coefficient (Wildman–Crippen LogP) is 2.41. The highest BCUT2D eigenvalue weighted by Crippen LogP contribution is 2.27. The predicted molar refractivity (Wildman–Crippen MR) is 70.6 cm³/mol. The van der Waals surface area contributed by atoms with E-state index in [-0.39, 0.29) is 11.7 Å². The van der Waals surface area contributed by atoms with Gasteiger partial charge in [-0.2, -0.15) is 0 Å². The van der Waals surface area contributed by atoms with Crippen LogP contribution >= 0.6 is 0 Å². The summed E-state index contributed by atoms with van der Waals surface area (Å²) in [4.78, 5) is 13.7. The number of phenols is 1. The van der Waals surface area contributed by atoms with Gasteiger partial charge < -0.3 is 14.7 Å². The summed E-state index contributed by atoms with van der Waals surface area (Å²) in [5.41, 5.74) is 0.528. The monoisotopic (exact) mass is 251 g/mol. The first-order valence-corrected chi connectivity index (χ1v) is 5.87. The highest BCUT2D eigenvalue weighted by atomic mass is 16.5. The molecule has 0 aliphatic carbocycles. The molecule has 0 radical (unpaired) electrons. The molecular weight excluding hydrogens is 230 g/mol. The van der Waals surface area contributed by atoms with Gasteiger partial charge in [0.15, 0.2) is 11.5 Å². The Balaban J connectivity index is 2.82. The third kappa shape index (κ3) is 3.39. The number of rotatable bonds is 3. The van der Waals surface area contributed by atoms with E-state index in [1.165, 1.54) is 7.11 Å². The van der Waals surface area contributed by atoms with E-state index < -0.39 is 5.41 Å². The number of aromatic hydroxyl groups is 1. The number of hydrogen-bond donors (Lipinski definition) is 1. The minimum Gasteiger partial charge on any atom is -0.504 e. The second-order valence-corrected chi connectivity index (χ2v) is 5.42. The van der Waals surface area contributed by atoms with Crippen LogP contribution in [0.2, 0.25) is 0 Å². The summed E-state index contributed by atoms with van der Waals surface area (Å²) in [5, 5.41) is 9.50. The van der Waals surface area contributed by atoms with Crippen LogP contribution in [-0.4, -0.2) is 30.1 Å². The lowest BCUT2D eigenvalue weighted by Gasteiger charge is -2.26. The van der Waals surface area contributed by atoms with Gasteiger partial charge in [0.2, 0.25) is 5.91 Å². The smallest absolute Gasteiger partial charge is 0.227 e. The Labute approximate surface area is 108 Å². The highest BCUT2D eigenvalue weighted by molar-refractivity contribution is 5.81. The van der Waals surface area contributed by atoms with Crippen molar-refractivity contribution in [3.8, 4) is 11.5 Å². The molecule has 0 saturated heterocycles. The maximum Gasteiger partial charge on any atom is 0.227 e. The van der Waals surface area contributed by atoms with Crippen LogP contribution in [0.4, 0.5) is 0 Å². The Morgan fingerprint density at radius 1 is 1.39 bits per heavy atom. The van der Waals surface area contributed by atoms with Gasteiger partial charge in [-0.15, -0.1) is 0 Å². The van der Waals surface area contributed by atoms with Crippen molar-refractivity contribution in [2.45, 2.75) is 27.3 Å². The van der Waals surface area contributed by atoms with E-state index in [1.807, 2.05) is 20.8 Å². The Kier molecular flexibility index (Phi) is 4.22. The quantitative estimate of drug-likeness (QED) is 0.897. The van der Waals surface area contributed by atoms with Crippen LogP contribution in [0.15, 0.2) is 18.2 Å². The molecule has 0 fully saturated rings. The van der Waals surface area contributed by atoms with Crippen LogP contribution in [0, 0.1) is 5.41 Å². The lowest BCUT2D eigenvalue weighted by Crippen LogP contribution is -2.36. The Bertz CT molecular complexity index is 435. The van der Waals surface area contributed by atoms with Gasteiger partial charge in [-0.25, -0.2) is 0 Å². The first-order valence-electron chi connectivity index (χ1n) is 5.87. The van der Waals surface area contributed by atoms with Crippen molar-refractivity contribution in [3.05, 3.63) is 23.8 Å². The molecule has 1 amide bonds. The molecule has 0 aliphatic rings. The van der Waals surface area contributed by atoms with E-state index in [9.17, 15) is 9.90 Å². The van der Waals surface area contributed by atoms with Crippen LogP contribution in [0.5, 0.6) is 11.5 Å². The SMILES string of the molecule is COc1cc(CN(C)C(=O)C(C)(C)C)ccc1O. The number of hydrogen-bond acceptors (Lipinski definition) is 3. The molecule has 18 heavy (non-hydrogen) atoms. The van der Waals surface area contributed by atoms with Crippen LogP contribution in [0.25, 0.3) is 0 Å². The topological polar surface area (TPSA) is 49.8 Å². The van der Waals surface area contributed by atoms with Gasteiger partial charge >= 0.3 is 0 Å². The molecule has 0 saturated carbocycles. The molecule has 0 unspecified atom stereocenters. The molecular formula is C14H21NO3. The third-order valence-electron chi connectivity index (χ3n) is 2.65. The van der Waals surface area contributed by atoms with Crippen LogP contribution in [0.3, 0.4) is 0 Å². The summed E-state index contributed by atoms with van der Waals surface area (Å²) in [6.07, 6.45) is 0. The van der Waals surface area contributed by atoms with Crippen molar-refractivity contribution in [1.29, 1.82) is 0 Å². The number of benzene rings is 1. The van der Waals surface area contributed by atoms with E-state index in [0.717, 1.165) is 5.56 Å². The van der Waals surface area contributed by atoms with Gasteiger partial charge in [0.05, 0.1) is 7.11 Å². The second-order valence-electron chi connectivity index (χ2n) is 5.42. The summed E-state index contributed by atoms with van der Waals surface area (Å²) >= 11 is 0. The third-order valence-corrected chi connectivity index (χ3v) is 2.65. The normalized spacial score (nSPS) is 11.2. The molecule has 4 nitrogen and oxygen atoms in total. The van der Waals surface area contributed by atoms with E-state index in [4.69, 9.17) is 4.74 Å². The molecule has 1 aromatic carbocycles. The van der Waals surface area contributed by atoms with Crippen molar-refractivity contribution < 1.29 is 14.6 Å².